The number of nitrogens with two attached hydrogens (primary N) is 1. The van der Waals surface area contributed by atoms with Crippen LogP contribution in [0.4, 0.5) is 0 Å². The third-order valence-corrected chi connectivity index (χ3v) is 5.23. The van der Waals surface area contributed by atoms with Gasteiger partial charge >= 0.3 is 0 Å². The van der Waals surface area contributed by atoms with Gasteiger partial charge in [0.25, 0.3) is 0 Å². The van der Waals surface area contributed by atoms with E-state index in [0.717, 1.165) is 17.2 Å². The summed E-state index contributed by atoms with van der Waals surface area (Å²) in [5, 5.41) is 0.788. The molecule has 1 aliphatic rings. The van der Waals surface area contributed by atoms with Crippen molar-refractivity contribution in [2.45, 2.75) is 29.7 Å². The average molecular weight is 304 g/mol. The molecule has 20 heavy (non-hydrogen) atoms. The topological polar surface area (TPSA) is 26.0 Å². The fourth-order valence-electron chi connectivity index (χ4n) is 2.77. The second kappa shape index (κ2) is 6.21. The summed E-state index contributed by atoms with van der Waals surface area (Å²) in [6.45, 7) is 0. The Morgan fingerprint density at radius 3 is 2.85 bits per heavy atom. The van der Waals surface area contributed by atoms with Crippen molar-refractivity contribution in [3.8, 4) is 0 Å². The molecule has 2 aromatic rings. The van der Waals surface area contributed by atoms with Crippen LogP contribution in [0.1, 0.15) is 23.5 Å². The molecule has 0 radical (unpaired) electrons. The maximum atomic E-state index is 6.27. The number of halogens is 1. The lowest BCUT2D eigenvalue weighted by molar-refractivity contribution is 0.510. The standard InChI is InChI=1S/C17H18ClNS/c18-14-5-3-6-16(10-14)20-11-15(19)9-13-8-12-4-1-2-7-17(12)13/h1-7,10,13,15H,8-9,11,19H2. The molecule has 2 N–H and O–H groups in total. The average Bonchev–Trinajstić information content (AvgIpc) is 2.43. The number of rotatable bonds is 5. The van der Waals surface area contributed by atoms with E-state index in [-0.39, 0.29) is 6.04 Å². The zero-order valence-corrected chi connectivity index (χ0v) is 12.8. The van der Waals surface area contributed by atoms with E-state index in [1.54, 1.807) is 11.8 Å². The molecule has 2 unspecified atom stereocenters. The van der Waals surface area contributed by atoms with Crippen molar-refractivity contribution in [3.05, 3.63) is 64.7 Å². The maximum Gasteiger partial charge on any atom is 0.0417 e. The van der Waals surface area contributed by atoms with Crippen LogP contribution in [0.25, 0.3) is 0 Å². The first-order valence-electron chi connectivity index (χ1n) is 6.94. The van der Waals surface area contributed by atoms with Crippen molar-refractivity contribution in [3.63, 3.8) is 0 Å². The molecule has 0 saturated carbocycles. The molecule has 0 spiro atoms. The molecule has 0 bridgehead atoms. The van der Waals surface area contributed by atoms with Crippen molar-refractivity contribution in [2.24, 2.45) is 5.73 Å². The number of fused-ring (bicyclic) bond motifs is 1. The Balaban J connectivity index is 1.50. The summed E-state index contributed by atoms with van der Waals surface area (Å²) in [4.78, 5) is 1.20. The van der Waals surface area contributed by atoms with Crippen molar-refractivity contribution in [1.29, 1.82) is 0 Å². The highest BCUT2D eigenvalue weighted by molar-refractivity contribution is 7.99. The van der Waals surface area contributed by atoms with Gasteiger partial charge in [-0.25, -0.2) is 0 Å². The van der Waals surface area contributed by atoms with Gasteiger partial charge in [-0.1, -0.05) is 41.9 Å². The summed E-state index contributed by atoms with van der Waals surface area (Å²) in [6.07, 6.45) is 2.26. The van der Waals surface area contributed by atoms with Crippen LogP contribution in [0, 0.1) is 0 Å². The minimum absolute atomic E-state index is 0.234. The van der Waals surface area contributed by atoms with Crippen molar-refractivity contribution in [1.82, 2.24) is 0 Å². The first kappa shape index (κ1) is 14.0. The Kier molecular flexibility index (Phi) is 4.35. The second-order valence-corrected chi connectivity index (χ2v) is 6.89. The highest BCUT2D eigenvalue weighted by Crippen LogP contribution is 2.38. The third-order valence-electron chi connectivity index (χ3n) is 3.81. The molecular weight excluding hydrogens is 286 g/mol. The molecule has 2 atom stereocenters. The van der Waals surface area contributed by atoms with Gasteiger partial charge in [-0.2, -0.15) is 0 Å². The van der Waals surface area contributed by atoms with E-state index in [1.807, 2.05) is 18.2 Å². The van der Waals surface area contributed by atoms with E-state index in [0.29, 0.717) is 5.92 Å². The summed E-state index contributed by atoms with van der Waals surface area (Å²) in [7, 11) is 0. The first-order valence-corrected chi connectivity index (χ1v) is 8.30. The molecule has 0 aliphatic heterocycles. The number of hydrogen-bond donors (Lipinski definition) is 1. The highest BCUT2D eigenvalue weighted by atomic mass is 35.5. The van der Waals surface area contributed by atoms with Crippen LogP contribution in [0.2, 0.25) is 5.02 Å². The van der Waals surface area contributed by atoms with Gasteiger partial charge in [-0.05, 0) is 48.1 Å². The van der Waals surface area contributed by atoms with Crippen molar-refractivity contribution in [2.75, 3.05) is 5.75 Å². The van der Waals surface area contributed by atoms with Gasteiger partial charge in [0.05, 0.1) is 0 Å². The zero-order chi connectivity index (χ0) is 13.9. The van der Waals surface area contributed by atoms with Gasteiger partial charge in [0, 0.05) is 21.7 Å². The van der Waals surface area contributed by atoms with Gasteiger partial charge in [-0.3, -0.25) is 0 Å². The summed E-state index contributed by atoms with van der Waals surface area (Å²) in [5.41, 5.74) is 9.26. The van der Waals surface area contributed by atoms with E-state index in [2.05, 4.69) is 30.3 Å². The Morgan fingerprint density at radius 2 is 2.05 bits per heavy atom. The molecule has 2 aromatic carbocycles. The minimum Gasteiger partial charge on any atom is -0.327 e. The quantitative estimate of drug-likeness (QED) is 0.824. The molecule has 0 aromatic heterocycles. The lowest BCUT2D eigenvalue weighted by atomic mass is 9.75. The molecule has 0 heterocycles. The minimum atomic E-state index is 0.234. The van der Waals surface area contributed by atoms with Crippen molar-refractivity contribution >= 4 is 23.4 Å². The fraction of sp³-hybridized carbons (Fsp3) is 0.294. The van der Waals surface area contributed by atoms with Gasteiger partial charge in [0.15, 0.2) is 0 Å². The lowest BCUT2D eigenvalue weighted by Crippen LogP contribution is -2.29. The predicted molar refractivity (Wildman–Crippen MR) is 87.7 cm³/mol. The van der Waals surface area contributed by atoms with Crippen LogP contribution in [-0.2, 0) is 6.42 Å². The van der Waals surface area contributed by atoms with E-state index in [1.165, 1.54) is 22.4 Å². The molecule has 3 heteroatoms. The molecular formula is C17H18ClNS. The van der Waals surface area contributed by atoms with E-state index < -0.39 is 0 Å². The molecule has 104 valence electrons. The monoisotopic (exact) mass is 303 g/mol. The normalized spacial score (nSPS) is 18.2. The molecule has 1 aliphatic carbocycles. The van der Waals surface area contributed by atoms with Gasteiger partial charge in [0.1, 0.15) is 0 Å². The van der Waals surface area contributed by atoms with Crippen LogP contribution in [-0.4, -0.2) is 11.8 Å². The SMILES string of the molecule is NC(CSc1cccc(Cl)c1)CC1Cc2ccccc21. The molecule has 3 rings (SSSR count). The van der Waals surface area contributed by atoms with Crippen LogP contribution in [0.5, 0.6) is 0 Å². The van der Waals surface area contributed by atoms with Crippen LogP contribution < -0.4 is 5.73 Å². The van der Waals surface area contributed by atoms with Gasteiger partial charge < -0.3 is 5.73 Å². The largest absolute Gasteiger partial charge is 0.327 e. The maximum absolute atomic E-state index is 6.27. The lowest BCUT2D eigenvalue weighted by Gasteiger charge is -2.32. The third kappa shape index (κ3) is 3.20. The molecule has 0 amide bonds. The van der Waals surface area contributed by atoms with Crippen molar-refractivity contribution < 1.29 is 0 Å². The molecule has 0 fully saturated rings. The zero-order valence-electron chi connectivity index (χ0n) is 11.3. The first-order chi connectivity index (χ1) is 9.72. The summed E-state index contributed by atoms with van der Waals surface area (Å²) in [5.74, 6) is 1.60. The summed E-state index contributed by atoms with van der Waals surface area (Å²) in [6, 6.07) is 16.9. The molecule has 0 saturated heterocycles. The summed E-state index contributed by atoms with van der Waals surface area (Å²) < 4.78 is 0. The van der Waals surface area contributed by atoms with E-state index in [9.17, 15) is 0 Å². The molecule has 1 nitrogen and oxygen atoms in total. The van der Waals surface area contributed by atoms with Crippen LogP contribution in [0.3, 0.4) is 0 Å². The summed E-state index contributed by atoms with van der Waals surface area (Å²) >= 11 is 7.78. The smallest absolute Gasteiger partial charge is 0.0417 e. The second-order valence-electron chi connectivity index (χ2n) is 5.36. The number of hydrogen-bond acceptors (Lipinski definition) is 2. The Bertz CT molecular complexity index is 599. The van der Waals surface area contributed by atoms with Crippen LogP contribution >= 0.6 is 23.4 Å². The van der Waals surface area contributed by atoms with Gasteiger partial charge in [-0.15, -0.1) is 11.8 Å². The predicted octanol–water partition coefficient (Wildman–Crippen LogP) is 4.49. The Hall–Kier alpha value is -0.960. The highest BCUT2D eigenvalue weighted by Gasteiger charge is 2.26. The van der Waals surface area contributed by atoms with Crippen LogP contribution in [0.15, 0.2) is 53.4 Å². The van der Waals surface area contributed by atoms with Gasteiger partial charge in [0.2, 0.25) is 0 Å². The number of thioether (sulfide) groups is 1. The Labute approximate surface area is 129 Å². The fourth-order valence-corrected chi connectivity index (χ4v) is 3.95. The van der Waals surface area contributed by atoms with E-state index >= 15 is 0 Å². The Morgan fingerprint density at radius 1 is 1.20 bits per heavy atom. The number of benzene rings is 2. The van der Waals surface area contributed by atoms with E-state index in [4.69, 9.17) is 17.3 Å².